The van der Waals surface area contributed by atoms with E-state index >= 15 is 0 Å². The number of aromatic nitrogens is 3. The molecule has 1 atom stereocenters. The van der Waals surface area contributed by atoms with Crippen LogP contribution in [0.1, 0.15) is 30.2 Å². The van der Waals surface area contributed by atoms with Gasteiger partial charge in [0.25, 0.3) is 0 Å². The monoisotopic (exact) mass is 377 g/mol. The van der Waals surface area contributed by atoms with Gasteiger partial charge in [-0.25, -0.2) is 8.42 Å². The summed E-state index contributed by atoms with van der Waals surface area (Å²) in [6.07, 6.45) is 1.91. The second kappa shape index (κ2) is 7.16. The van der Waals surface area contributed by atoms with E-state index in [9.17, 15) is 13.2 Å². The minimum absolute atomic E-state index is 0.00325. The molecule has 26 heavy (non-hydrogen) atoms. The Bertz CT molecular complexity index is 894. The summed E-state index contributed by atoms with van der Waals surface area (Å²) >= 11 is 0. The van der Waals surface area contributed by atoms with E-state index in [2.05, 4.69) is 10.2 Å². The van der Waals surface area contributed by atoms with E-state index in [1.54, 1.807) is 16.4 Å². The Hall–Kier alpha value is -2.26. The average Bonchev–Trinajstić information content (AvgIpc) is 2.99. The summed E-state index contributed by atoms with van der Waals surface area (Å²) in [4.78, 5) is 14.5. The van der Waals surface area contributed by atoms with Crippen LogP contribution >= 0.6 is 0 Å². The zero-order valence-electron chi connectivity index (χ0n) is 15.2. The predicted octanol–water partition coefficient (Wildman–Crippen LogP) is 0.815. The number of sulfonamides is 1. The van der Waals surface area contributed by atoms with Crippen molar-refractivity contribution in [3.63, 3.8) is 0 Å². The number of hydrogen-bond acceptors (Lipinski definition) is 5. The Labute approximate surface area is 153 Å². The minimum Gasteiger partial charge on any atom is -0.333 e. The highest BCUT2D eigenvalue weighted by Crippen LogP contribution is 2.24. The number of hydrogen-bond donors (Lipinski definition) is 0. The first-order valence-corrected chi connectivity index (χ1v) is 10.3. The Morgan fingerprint density at radius 1 is 1.23 bits per heavy atom. The molecule has 0 saturated heterocycles. The van der Waals surface area contributed by atoms with Crippen molar-refractivity contribution in [1.29, 1.82) is 0 Å². The van der Waals surface area contributed by atoms with Crippen LogP contribution in [-0.2, 0) is 34.3 Å². The van der Waals surface area contributed by atoms with Crippen molar-refractivity contribution in [3.05, 3.63) is 47.5 Å². The van der Waals surface area contributed by atoms with Gasteiger partial charge in [-0.15, -0.1) is 10.2 Å². The van der Waals surface area contributed by atoms with Gasteiger partial charge in [0.1, 0.15) is 11.9 Å². The summed E-state index contributed by atoms with van der Waals surface area (Å²) < 4.78 is 26.2. The van der Waals surface area contributed by atoms with Crippen LogP contribution in [-0.4, -0.2) is 58.1 Å². The fourth-order valence-electron chi connectivity index (χ4n) is 3.06. The number of fused-ring (bicyclic) bond motifs is 1. The maximum atomic E-state index is 12.8. The van der Waals surface area contributed by atoms with Crippen LogP contribution < -0.4 is 0 Å². The third kappa shape index (κ3) is 3.78. The van der Waals surface area contributed by atoms with Crippen LogP contribution in [0.3, 0.4) is 0 Å². The standard InChI is InChI=1S/C17H23N5O3S/c1-13-17(23)21(10-9-14-7-5-4-6-8-14)12-16-19-18-15(22(13)16)11-20(2)26(3,24)25/h4-8,13H,9-12H2,1-3H3/t13-/m0/s1. The molecule has 2 heterocycles. The van der Waals surface area contributed by atoms with Gasteiger partial charge in [-0.2, -0.15) is 4.31 Å². The molecule has 0 bridgehead atoms. The van der Waals surface area contributed by atoms with Crippen molar-refractivity contribution in [1.82, 2.24) is 24.0 Å². The van der Waals surface area contributed by atoms with Crippen molar-refractivity contribution in [2.24, 2.45) is 0 Å². The lowest BCUT2D eigenvalue weighted by atomic mass is 10.1. The number of carbonyl (C=O) groups is 1. The van der Waals surface area contributed by atoms with E-state index in [-0.39, 0.29) is 12.5 Å². The Kier molecular flexibility index (Phi) is 5.10. The van der Waals surface area contributed by atoms with Crippen LogP contribution in [0.25, 0.3) is 0 Å². The molecular weight excluding hydrogens is 354 g/mol. The number of carbonyl (C=O) groups excluding carboxylic acids is 1. The molecule has 3 rings (SSSR count). The number of nitrogens with zero attached hydrogens (tertiary/aromatic N) is 5. The molecule has 0 fully saturated rings. The van der Waals surface area contributed by atoms with E-state index in [4.69, 9.17) is 0 Å². The summed E-state index contributed by atoms with van der Waals surface area (Å²) in [5, 5.41) is 8.30. The number of amides is 1. The van der Waals surface area contributed by atoms with E-state index in [0.717, 1.165) is 12.7 Å². The maximum absolute atomic E-state index is 12.8. The Morgan fingerprint density at radius 3 is 2.58 bits per heavy atom. The van der Waals surface area contributed by atoms with E-state index < -0.39 is 16.1 Å². The highest BCUT2D eigenvalue weighted by Gasteiger charge is 2.33. The summed E-state index contributed by atoms with van der Waals surface area (Å²) in [5.74, 6) is 1.16. The van der Waals surface area contributed by atoms with Gasteiger partial charge >= 0.3 is 0 Å². The van der Waals surface area contributed by atoms with Crippen molar-refractivity contribution in [3.8, 4) is 0 Å². The predicted molar refractivity (Wildman–Crippen MR) is 96.6 cm³/mol. The molecule has 1 aliphatic rings. The molecular formula is C17H23N5O3S. The van der Waals surface area contributed by atoms with E-state index in [0.29, 0.717) is 24.7 Å². The third-order valence-corrected chi connectivity index (χ3v) is 5.93. The molecule has 0 aliphatic carbocycles. The second-order valence-electron chi connectivity index (χ2n) is 6.59. The summed E-state index contributed by atoms with van der Waals surface area (Å²) in [5.41, 5.74) is 1.18. The normalized spacial score (nSPS) is 17.6. The molecule has 9 heteroatoms. The van der Waals surface area contributed by atoms with Gasteiger partial charge in [0, 0.05) is 13.6 Å². The molecule has 1 amide bonds. The summed E-state index contributed by atoms with van der Waals surface area (Å²) in [7, 11) is -1.85. The Morgan fingerprint density at radius 2 is 1.92 bits per heavy atom. The molecule has 0 saturated carbocycles. The molecule has 0 radical (unpaired) electrons. The minimum atomic E-state index is -3.33. The molecule has 1 aromatic carbocycles. The van der Waals surface area contributed by atoms with Crippen LogP contribution in [0.5, 0.6) is 0 Å². The SMILES string of the molecule is C[C@H]1C(=O)N(CCc2ccccc2)Cc2nnc(CN(C)S(C)(=O)=O)n21. The number of benzene rings is 1. The van der Waals surface area contributed by atoms with Gasteiger partial charge in [-0.3, -0.25) is 9.36 Å². The zero-order chi connectivity index (χ0) is 18.9. The van der Waals surface area contributed by atoms with Gasteiger partial charge in [0.2, 0.25) is 15.9 Å². The fourth-order valence-corrected chi connectivity index (χ4v) is 3.41. The smallest absolute Gasteiger partial charge is 0.245 e. The van der Waals surface area contributed by atoms with Crippen molar-refractivity contribution in [2.45, 2.75) is 32.5 Å². The van der Waals surface area contributed by atoms with E-state index in [1.165, 1.54) is 16.9 Å². The molecule has 0 N–H and O–H groups in total. The first-order chi connectivity index (χ1) is 12.3. The first kappa shape index (κ1) is 18.5. The molecule has 2 aromatic rings. The average molecular weight is 377 g/mol. The van der Waals surface area contributed by atoms with Gasteiger partial charge in [-0.05, 0) is 18.9 Å². The summed E-state index contributed by atoms with van der Waals surface area (Å²) in [6, 6.07) is 9.56. The lowest BCUT2D eigenvalue weighted by molar-refractivity contribution is -0.137. The highest BCUT2D eigenvalue weighted by atomic mass is 32.2. The fraction of sp³-hybridized carbons (Fsp3) is 0.471. The van der Waals surface area contributed by atoms with Crippen LogP contribution in [0, 0.1) is 0 Å². The third-order valence-electron chi connectivity index (χ3n) is 4.67. The van der Waals surface area contributed by atoms with Gasteiger partial charge in [0.05, 0.1) is 19.3 Å². The maximum Gasteiger partial charge on any atom is 0.245 e. The molecule has 140 valence electrons. The van der Waals surface area contributed by atoms with Crippen LogP contribution in [0.15, 0.2) is 30.3 Å². The number of rotatable bonds is 6. The second-order valence-corrected chi connectivity index (χ2v) is 8.68. The molecule has 1 aromatic heterocycles. The highest BCUT2D eigenvalue weighted by molar-refractivity contribution is 7.88. The van der Waals surface area contributed by atoms with Crippen LogP contribution in [0.2, 0.25) is 0 Å². The zero-order valence-corrected chi connectivity index (χ0v) is 16.0. The van der Waals surface area contributed by atoms with E-state index in [1.807, 2.05) is 30.3 Å². The molecule has 0 unspecified atom stereocenters. The van der Waals surface area contributed by atoms with Gasteiger partial charge in [-0.1, -0.05) is 30.3 Å². The van der Waals surface area contributed by atoms with Crippen molar-refractivity contribution in [2.75, 3.05) is 19.8 Å². The van der Waals surface area contributed by atoms with Gasteiger partial charge < -0.3 is 4.90 Å². The molecule has 0 spiro atoms. The van der Waals surface area contributed by atoms with Crippen LogP contribution in [0.4, 0.5) is 0 Å². The van der Waals surface area contributed by atoms with Gasteiger partial charge in [0.15, 0.2) is 5.82 Å². The lowest BCUT2D eigenvalue weighted by Crippen LogP contribution is -2.43. The quantitative estimate of drug-likeness (QED) is 0.743. The van der Waals surface area contributed by atoms with Crippen molar-refractivity contribution >= 4 is 15.9 Å². The Balaban J connectivity index is 1.75. The molecule has 1 aliphatic heterocycles. The summed E-state index contributed by atoms with van der Waals surface area (Å²) in [6.45, 7) is 2.88. The topological polar surface area (TPSA) is 88.4 Å². The largest absolute Gasteiger partial charge is 0.333 e. The molecule has 8 nitrogen and oxygen atoms in total. The lowest BCUT2D eigenvalue weighted by Gasteiger charge is -2.32. The van der Waals surface area contributed by atoms with Crippen molar-refractivity contribution < 1.29 is 13.2 Å². The first-order valence-electron chi connectivity index (χ1n) is 8.44.